The minimum atomic E-state index is -0.414. The van der Waals surface area contributed by atoms with E-state index in [2.05, 4.69) is 0 Å². The molecule has 0 saturated carbocycles. The molecule has 5 heteroatoms. The van der Waals surface area contributed by atoms with Gasteiger partial charge in [-0.2, -0.15) is 0 Å². The van der Waals surface area contributed by atoms with Gasteiger partial charge in [0.15, 0.2) is 0 Å². The highest BCUT2D eigenvalue weighted by molar-refractivity contribution is 6.44. The maximum atomic E-state index is 12.9. The number of rotatable bonds is 4. The van der Waals surface area contributed by atoms with E-state index >= 15 is 0 Å². The van der Waals surface area contributed by atoms with Gasteiger partial charge in [0.25, 0.3) is 11.7 Å². The molecule has 3 aromatic rings. The van der Waals surface area contributed by atoms with E-state index in [1.165, 1.54) is 0 Å². The topological polar surface area (TPSA) is 42.3 Å². The number of likely N-dealkylation sites (tertiary alicyclic amines) is 1. The summed E-state index contributed by atoms with van der Waals surface area (Å²) < 4.78 is 2.02. The van der Waals surface area contributed by atoms with E-state index < -0.39 is 5.78 Å². The van der Waals surface area contributed by atoms with Crippen molar-refractivity contribution in [2.75, 3.05) is 13.1 Å². The van der Waals surface area contributed by atoms with Gasteiger partial charge in [0, 0.05) is 41.8 Å². The lowest BCUT2D eigenvalue weighted by atomic mass is 10.1. The summed E-state index contributed by atoms with van der Waals surface area (Å²) in [4.78, 5) is 27.3. The average molecular weight is 381 g/mol. The van der Waals surface area contributed by atoms with Crippen LogP contribution < -0.4 is 0 Å². The fourth-order valence-corrected chi connectivity index (χ4v) is 3.83. The van der Waals surface area contributed by atoms with Crippen LogP contribution in [0.15, 0.2) is 54.7 Å². The van der Waals surface area contributed by atoms with Crippen LogP contribution in [-0.4, -0.2) is 34.2 Å². The molecule has 1 aromatic heterocycles. The average Bonchev–Trinajstić information content (AvgIpc) is 3.08. The summed E-state index contributed by atoms with van der Waals surface area (Å²) in [6, 6.07) is 15.4. The van der Waals surface area contributed by atoms with Gasteiger partial charge in [-0.25, -0.2) is 0 Å². The number of carbonyl (C=O) groups is 2. The van der Waals surface area contributed by atoms with Crippen LogP contribution in [0.25, 0.3) is 10.9 Å². The van der Waals surface area contributed by atoms with Crippen molar-refractivity contribution in [3.05, 3.63) is 70.9 Å². The Morgan fingerprint density at radius 1 is 0.926 bits per heavy atom. The molecule has 0 spiro atoms. The number of para-hydroxylation sites is 1. The van der Waals surface area contributed by atoms with E-state index in [1.54, 1.807) is 4.90 Å². The van der Waals surface area contributed by atoms with Gasteiger partial charge >= 0.3 is 0 Å². The number of carbonyl (C=O) groups excluding carboxylic acids is 2. The minimum absolute atomic E-state index is 0.385. The molecule has 1 saturated heterocycles. The highest BCUT2D eigenvalue weighted by atomic mass is 35.5. The van der Waals surface area contributed by atoms with E-state index in [-0.39, 0.29) is 5.91 Å². The Labute approximate surface area is 163 Å². The summed E-state index contributed by atoms with van der Waals surface area (Å²) in [5.41, 5.74) is 2.51. The van der Waals surface area contributed by atoms with E-state index in [4.69, 9.17) is 11.6 Å². The van der Waals surface area contributed by atoms with Gasteiger partial charge in [0.2, 0.25) is 0 Å². The van der Waals surface area contributed by atoms with E-state index in [0.29, 0.717) is 30.2 Å². The number of nitrogens with zero attached hydrogens (tertiary/aromatic N) is 2. The van der Waals surface area contributed by atoms with Gasteiger partial charge in [0.1, 0.15) is 0 Å². The minimum Gasteiger partial charge on any atom is -0.342 e. The number of fused-ring (bicyclic) bond motifs is 1. The first-order chi connectivity index (χ1) is 13.1. The molecule has 4 nitrogen and oxygen atoms in total. The summed E-state index contributed by atoms with van der Waals surface area (Å²) in [5, 5.41) is 1.51. The van der Waals surface area contributed by atoms with Gasteiger partial charge in [0.05, 0.1) is 5.56 Å². The van der Waals surface area contributed by atoms with Crippen molar-refractivity contribution in [3.8, 4) is 0 Å². The summed E-state index contributed by atoms with van der Waals surface area (Å²) in [6.07, 6.45) is 4.87. The molecule has 0 radical (unpaired) electrons. The summed E-state index contributed by atoms with van der Waals surface area (Å²) in [7, 11) is 0. The highest BCUT2D eigenvalue weighted by Gasteiger charge is 2.27. The van der Waals surface area contributed by atoms with Crippen molar-refractivity contribution in [2.24, 2.45) is 0 Å². The summed E-state index contributed by atoms with van der Waals surface area (Å²) >= 11 is 5.97. The predicted molar refractivity (Wildman–Crippen MR) is 107 cm³/mol. The van der Waals surface area contributed by atoms with Crippen molar-refractivity contribution in [2.45, 2.75) is 25.8 Å². The number of halogens is 1. The van der Waals surface area contributed by atoms with E-state index in [0.717, 1.165) is 35.7 Å². The van der Waals surface area contributed by atoms with Gasteiger partial charge in [-0.05, 0) is 43.0 Å². The number of benzene rings is 2. The van der Waals surface area contributed by atoms with Crippen molar-refractivity contribution in [3.63, 3.8) is 0 Å². The number of hydrogen-bond acceptors (Lipinski definition) is 2. The lowest BCUT2D eigenvalue weighted by Gasteiger charge is -2.25. The third kappa shape index (κ3) is 3.62. The molecular weight excluding hydrogens is 360 g/mol. The SMILES string of the molecule is O=C(C(=O)N1CCCCC1)c1cn(Cc2ccc(Cl)cc2)c2ccccc12. The molecule has 1 aliphatic rings. The van der Waals surface area contributed by atoms with Crippen LogP contribution in [0, 0.1) is 0 Å². The van der Waals surface area contributed by atoms with Crippen LogP contribution in [0.3, 0.4) is 0 Å². The highest BCUT2D eigenvalue weighted by Crippen LogP contribution is 2.24. The van der Waals surface area contributed by atoms with Crippen molar-refractivity contribution in [1.82, 2.24) is 9.47 Å². The second kappa shape index (κ2) is 7.57. The number of Topliss-reactive ketones (excluding diaryl/α,β-unsaturated/α-hetero) is 1. The molecule has 0 N–H and O–H groups in total. The molecule has 2 heterocycles. The van der Waals surface area contributed by atoms with E-state index in [1.807, 2.05) is 59.3 Å². The van der Waals surface area contributed by atoms with Crippen molar-refractivity contribution < 1.29 is 9.59 Å². The van der Waals surface area contributed by atoms with Crippen LogP contribution >= 0.6 is 11.6 Å². The van der Waals surface area contributed by atoms with Crippen LogP contribution in [0.2, 0.25) is 5.02 Å². The van der Waals surface area contributed by atoms with Gasteiger partial charge < -0.3 is 9.47 Å². The number of ketones is 1. The van der Waals surface area contributed by atoms with Crippen molar-refractivity contribution in [1.29, 1.82) is 0 Å². The molecule has 4 rings (SSSR count). The quantitative estimate of drug-likeness (QED) is 0.492. The normalized spacial score (nSPS) is 14.5. The third-order valence-corrected chi connectivity index (χ3v) is 5.39. The fraction of sp³-hybridized carbons (Fsp3) is 0.273. The third-order valence-electron chi connectivity index (χ3n) is 5.14. The van der Waals surface area contributed by atoms with Gasteiger partial charge in [-0.15, -0.1) is 0 Å². The smallest absolute Gasteiger partial charge is 0.295 e. The molecule has 27 heavy (non-hydrogen) atoms. The lowest BCUT2D eigenvalue weighted by Crippen LogP contribution is -2.40. The monoisotopic (exact) mass is 380 g/mol. The number of aromatic nitrogens is 1. The maximum absolute atomic E-state index is 12.9. The second-order valence-corrected chi connectivity index (χ2v) is 7.43. The molecule has 1 amide bonds. The second-order valence-electron chi connectivity index (χ2n) is 7.00. The first-order valence-electron chi connectivity index (χ1n) is 9.29. The molecule has 138 valence electrons. The fourth-order valence-electron chi connectivity index (χ4n) is 3.70. The zero-order valence-electron chi connectivity index (χ0n) is 15.0. The van der Waals surface area contributed by atoms with Crippen LogP contribution in [0.1, 0.15) is 35.2 Å². The first-order valence-corrected chi connectivity index (χ1v) is 9.67. The lowest BCUT2D eigenvalue weighted by molar-refractivity contribution is -0.127. The molecule has 2 aromatic carbocycles. The Morgan fingerprint density at radius 2 is 1.63 bits per heavy atom. The summed E-state index contributed by atoms with van der Waals surface area (Å²) in [5.74, 6) is -0.799. The van der Waals surface area contributed by atoms with Crippen LogP contribution in [-0.2, 0) is 11.3 Å². The molecule has 0 aliphatic carbocycles. The van der Waals surface area contributed by atoms with Crippen molar-refractivity contribution >= 4 is 34.2 Å². The van der Waals surface area contributed by atoms with Crippen LogP contribution in [0.5, 0.6) is 0 Å². The molecular formula is C22H21ClN2O2. The number of hydrogen-bond donors (Lipinski definition) is 0. The van der Waals surface area contributed by atoms with Crippen LogP contribution in [0.4, 0.5) is 0 Å². The Balaban J connectivity index is 1.67. The predicted octanol–water partition coefficient (Wildman–Crippen LogP) is 4.54. The Bertz CT molecular complexity index is 985. The van der Waals surface area contributed by atoms with Gasteiger partial charge in [-0.3, -0.25) is 9.59 Å². The Hall–Kier alpha value is -2.59. The zero-order chi connectivity index (χ0) is 18.8. The molecule has 0 unspecified atom stereocenters. The molecule has 0 atom stereocenters. The molecule has 0 bridgehead atoms. The first kappa shape index (κ1) is 17.8. The standard InChI is InChI=1S/C22H21ClN2O2/c23-17-10-8-16(9-11-17)14-25-15-19(18-6-2-3-7-20(18)25)21(26)22(27)24-12-4-1-5-13-24/h2-3,6-11,15H,1,4-5,12-14H2. The summed E-state index contributed by atoms with van der Waals surface area (Å²) in [6.45, 7) is 1.96. The molecule has 1 fully saturated rings. The maximum Gasteiger partial charge on any atom is 0.295 e. The van der Waals surface area contributed by atoms with Gasteiger partial charge in [-0.1, -0.05) is 41.9 Å². The Kier molecular flexibility index (Phi) is 4.99. The number of amides is 1. The number of piperidine rings is 1. The molecule has 1 aliphatic heterocycles. The largest absolute Gasteiger partial charge is 0.342 e. The Morgan fingerprint density at radius 3 is 2.37 bits per heavy atom. The van der Waals surface area contributed by atoms with E-state index in [9.17, 15) is 9.59 Å². The zero-order valence-corrected chi connectivity index (χ0v) is 15.8.